The number of methoxy groups -OCH3 is 1. The van der Waals surface area contributed by atoms with Crippen LogP contribution in [0.1, 0.15) is 24.6 Å². The van der Waals surface area contributed by atoms with Gasteiger partial charge in [-0.1, -0.05) is 13.0 Å². The Kier molecular flexibility index (Phi) is 4.53. The van der Waals surface area contributed by atoms with Gasteiger partial charge in [0.1, 0.15) is 5.82 Å². The maximum Gasteiger partial charge on any atom is 0.165 e. The van der Waals surface area contributed by atoms with Crippen LogP contribution in [0.4, 0.5) is 8.78 Å². The quantitative estimate of drug-likeness (QED) is 0.920. The summed E-state index contributed by atoms with van der Waals surface area (Å²) in [6.07, 6.45) is 2.14. The van der Waals surface area contributed by atoms with Crippen LogP contribution in [0.25, 0.3) is 0 Å². The topological polar surface area (TPSA) is 48.1 Å². The number of rotatable bonds is 5. The van der Waals surface area contributed by atoms with Gasteiger partial charge in [0.05, 0.1) is 24.5 Å². The molecule has 0 aliphatic rings. The predicted octanol–water partition coefficient (Wildman–Crippen LogP) is 3.18. The largest absolute Gasteiger partial charge is 0.494 e. The van der Waals surface area contributed by atoms with E-state index in [4.69, 9.17) is 10.5 Å². The van der Waals surface area contributed by atoms with Crippen LogP contribution in [0, 0.1) is 11.6 Å². The minimum Gasteiger partial charge on any atom is -0.494 e. The van der Waals surface area contributed by atoms with E-state index in [1.807, 2.05) is 6.92 Å². The molecule has 0 saturated carbocycles. The third kappa shape index (κ3) is 3.36. The standard InChI is InChI=1S/C16H18F2N2O/c1-3-16(19,15-7-5-12(17)10-20-15)9-11-4-6-14(21-2)13(18)8-11/h4-8,10H,3,9,19H2,1-2H3. The van der Waals surface area contributed by atoms with Crippen LogP contribution in [-0.4, -0.2) is 12.1 Å². The SMILES string of the molecule is CCC(N)(Cc1ccc(OC)c(F)c1)c1ccc(F)cn1. The molecule has 2 aromatic rings. The van der Waals surface area contributed by atoms with Gasteiger partial charge in [-0.3, -0.25) is 4.98 Å². The second kappa shape index (κ2) is 6.18. The summed E-state index contributed by atoms with van der Waals surface area (Å²) in [6, 6.07) is 7.63. The second-order valence-corrected chi connectivity index (χ2v) is 5.02. The average Bonchev–Trinajstić information content (AvgIpc) is 2.48. The van der Waals surface area contributed by atoms with Crippen molar-refractivity contribution in [1.29, 1.82) is 0 Å². The Morgan fingerprint density at radius 1 is 1.24 bits per heavy atom. The van der Waals surface area contributed by atoms with Crippen molar-refractivity contribution in [2.75, 3.05) is 7.11 Å². The van der Waals surface area contributed by atoms with Gasteiger partial charge in [0, 0.05) is 0 Å². The van der Waals surface area contributed by atoms with E-state index in [0.717, 1.165) is 11.8 Å². The van der Waals surface area contributed by atoms with Crippen LogP contribution in [0.5, 0.6) is 5.75 Å². The van der Waals surface area contributed by atoms with Crippen molar-refractivity contribution < 1.29 is 13.5 Å². The minimum absolute atomic E-state index is 0.192. The van der Waals surface area contributed by atoms with Gasteiger partial charge in [-0.25, -0.2) is 8.78 Å². The van der Waals surface area contributed by atoms with Crippen molar-refractivity contribution in [2.45, 2.75) is 25.3 Å². The van der Waals surface area contributed by atoms with Crippen LogP contribution in [0.3, 0.4) is 0 Å². The molecule has 0 amide bonds. The lowest BCUT2D eigenvalue weighted by atomic mass is 9.85. The van der Waals surface area contributed by atoms with E-state index >= 15 is 0 Å². The zero-order valence-electron chi connectivity index (χ0n) is 12.1. The van der Waals surface area contributed by atoms with E-state index in [1.165, 1.54) is 19.2 Å². The molecule has 0 spiro atoms. The highest BCUT2D eigenvalue weighted by Gasteiger charge is 2.27. The van der Waals surface area contributed by atoms with Gasteiger partial charge in [-0.2, -0.15) is 0 Å². The van der Waals surface area contributed by atoms with E-state index in [2.05, 4.69) is 4.98 Å². The maximum absolute atomic E-state index is 13.8. The molecular weight excluding hydrogens is 274 g/mol. The Labute approximate surface area is 122 Å². The summed E-state index contributed by atoms with van der Waals surface area (Å²) < 4.78 is 31.6. The highest BCUT2D eigenvalue weighted by molar-refractivity contribution is 5.31. The molecule has 21 heavy (non-hydrogen) atoms. The number of halogens is 2. The predicted molar refractivity (Wildman–Crippen MR) is 77.0 cm³/mol. The third-order valence-corrected chi connectivity index (χ3v) is 3.60. The smallest absolute Gasteiger partial charge is 0.165 e. The van der Waals surface area contributed by atoms with Crippen molar-refractivity contribution in [2.24, 2.45) is 5.73 Å². The normalized spacial score (nSPS) is 13.8. The molecule has 0 saturated heterocycles. The molecule has 0 radical (unpaired) electrons. The van der Waals surface area contributed by atoms with Crippen molar-refractivity contribution in [3.05, 3.63) is 59.4 Å². The average molecular weight is 292 g/mol. The molecule has 1 atom stereocenters. The zero-order chi connectivity index (χ0) is 15.5. The van der Waals surface area contributed by atoms with E-state index < -0.39 is 17.2 Å². The van der Waals surface area contributed by atoms with Gasteiger partial charge in [-0.05, 0) is 42.7 Å². The van der Waals surface area contributed by atoms with Gasteiger partial charge in [-0.15, -0.1) is 0 Å². The van der Waals surface area contributed by atoms with Crippen molar-refractivity contribution in [1.82, 2.24) is 4.98 Å². The lowest BCUT2D eigenvalue weighted by Crippen LogP contribution is -2.39. The third-order valence-electron chi connectivity index (χ3n) is 3.60. The summed E-state index contributed by atoms with van der Waals surface area (Å²) in [4.78, 5) is 4.06. The van der Waals surface area contributed by atoms with Crippen LogP contribution in [-0.2, 0) is 12.0 Å². The molecular formula is C16H18F2N2O. The summed E-state index contributed by atoms with van der Waals surface area (Å²) >= 11 is 0. The van der Waals surface area contributed by atoms with Gasteiger partial charge < -0.3 is 10.5 Å². The fourth-order valence-corrected chi connectivity index (χ4v) is 2.25. The summed E-state index contributed by atoms with van der Waals surface area (Å²) in [5.74, 6) is -0.647. The highest BCUT2D eigenvalue weighted by atomic mass is 19.1. The molecule has 3 nitrogen and oxygen atoms in total. The first-order chi connectivity index (χ1) is 9.98. The number of pyridine rings is 1. The number of aromatic nitrogens is 1. The first-order valence-corrected chi connectivity index (χ1v) is 6.72. The molecule has 1 aromatic carbocycles. The van der Waals surface area contributed by atoms with E-state index in [1.54, 1.807) is 18.2 Å². The molecule has 0 aliphatic carbocycles. The lowest BCUT2D eigenvalue weighted by Gasteiger charge is -2.28. The van der Waals surface area contributed by atoms with Gasteiger partial charge in [0.2, 0.25) is 0 Å². The number of benzene rings is 1. The Morgan fingerprint density at radius 2 is 2.00 bits per heavy atom. The number of hydrogen-bond donors (Lipinski definition) is 1. The Bertz CT molecular complexity index is 616. The molecule has 0 fully saturated rings. The van der Waals surface area contributed by atoms with Gasteiger partial charge >= 0.3 is 0 Å². The summed E-state index contributed by atoms with van der Waals surface area (Å²) in [6.45, 7) is 1.92. The molecule has 0 bridgehead atoms. The maximum atomic E-state index is 13.8. The number of ether oxygens (including phenoxy) is 1. The van der Waals surface area contributed by atoms with Crippen molar-refractivity contribution in [3.8, 4) is 5.75 Å². The van der Waals surface area contributed by atoms with Crippen LogP contribution >= 0.6 is 0 Å². The van der Waals surface area contributed by atoms with Gasteiger partial charge in [0.25, 0.3) is 0 Å². The molecule has 1 unspecified atom stereocenters. The number of nitrogens with zero attached hydrogens (tertiary/aromatic N) is 1. The van der Waals surface area contributed by atoms with E-state index in [9.17, 15) is 8.78 Å². The van der Waals surface area contributed by atoms with E-state index in [-0.39, 0.29) is 5.75 Å². The van der Waals surface area contributed by atoms with Crippen molar-refractivity contribution in [3.63, 3.8) is 0 Å². The minimum atomic E-state index is -0.769. The lowest BCUT2D eigenvalue weighted by molar-refractivity contribution is 0.383. The molecule has 2 rings (SSSR count). The van der Waals surface area contributed by atoms with Crippen LogP contribution < -0.4 is 10.5 Å². The monoisotopic (exact) mass is 292 g/mol. The van der Waals surface area contributed by atoms with Crippen molar-refractivity contribution >= 4 is 0 Å². The zero-order valence-corrected chi connectivity index (χ0v) is 12.1. The van der Waals surface area contributed by atoms with Crippen LogP contribution in [0.2, 0.25) is 0 Å². The molecule has 0 aliphatic heterocycles. The number of nitrogens with two attached hydrogens (primary N) is 1. The highest BCUT2D eigenvalue weighted by Crippen LogP contribution is 2.27. The fraction of sp³-hybridized carbons (Fsp3) is 0.312. The van der Waals surface area contributed by atoms with Crippen LogP contribution in [0.15, 0.2) is 36.5 Å². The summed E-state index contributed by atoms with van der Waals surface area (Å²) in [7, 11) is 1.42. The molecule has 1 aromatic heterocycles. The number of hydrogen-bond acceptors (Lipinski definition) is 3. The molecule has 1 heterocycles. The Balaban J connectivity index is 2.29. The van der Waals surface area contributed by atoms with E-state index in [0.29, 0.717) is 18.5 Å². The summed E-state index contributed by atoms with van der Waals surface area (Å²) in [5, 5.41) is 0. The Morgan fingerprint density at radius 3 is 2.52 bits per heavy atom. The fourth-order valence-electron chi connectivity index (χ4n) is 2.25. The first kappa shape index (κ1) is 15.4. The molecule has 5 heteroatoms. The molecule has 2 N–H and O–H groups in total. The summed E-state index contributed by atoms with van der Waals surface area (Å²) in [5.41, 5.74) is 6.94. The first-order valence-electron chi connectivity index (χ1n) is 6.72. The molecule has 112 valence electrons. The Hall–Kier alpha value is -2.01. The van der Waals surface area contributed by atoms with Gasteiger partial charge in [0.15, 0.2) is 11.6 Å². The second-order valence-electron chi connectivity index (χ2n) is 5.02.